The van der Waals surface area contributed by atoms with Gasteiger partial charge in [-0.3, -0.25) is 14.4 Å². The van der Waals surface area contributed by atoms with E-state index in [-0.39, 0.29) is 39.9 Å². The first-order chi connectivity index (χ1) is 25.5. The maximum atomic E-state index is 13.9. The zero-order valence-corrected chi connectivity index (χ0v) is 30.4. The number of halogens is 3. The number of rotatable bonds is 7. The summed E-state index contributed by atoms with van der Waals surface area (Å²) in [6.07, 6.45) is -11.9. The molecule has 1 fully saturated rings. The van der Waals surface area contributed by atoms with Crippen LogP contribution in [0.5, 0.6) is 17.2 Å². The number of alkyl halides is 3. The van der Waals surface area contributed by atoms with Crippen LogP contribution >= 0.6 is 0 Å². The van der Waals surface area contributed by atoms with Crippen molar-refractivity contribution in [2.75, 3.05) is 7.11 Å². The standard InChI is InChI=1S/C37H38F3N2O13/c1-15-31(55-32(48)18-12-34(2,3)42(51)35(18,4)5)19(41-33(49)37(38,39)40)10-22(53-15)54-21-13-36(50,14-43)11-17-24(21)30(47)26-25(28(17)45)27(44)16-8-7-9-20(52-6)23(16)29(26)46/h7-9,12,14-15,19,21-22,31,45,47,50H,10-11,13H2,1-6H3,(H,41,49)/t15-,19+,21-,22-,31-,36-/m0/s1. The molecule has 6 atom stereocenters. The van der Waals surface area contributed by atoms with Gasteiger partial charge in [0.25, 0.3) is 0 Å². The Bertz CT molecular complexity index is 2040. The molecule has 15 nitrogen and oxygen atoms in total. The molecule has 1 radical (unpaired) electrons. The fraction of sp³-hybridized carbons (Fsp3) is 0.486. The normalized spacial score (nSPS) is 28.3. The second-order valence-electron chi connectivity index (χ2n) is 15.1. The molecule has 0 unspecified atom stereocenters. The summed E-state index contributed by atoms with van der Waals surface area (Å²) in [5, 5.41) is 49.8. The van der Waals surface area contributed by atoms with Crippen molar-refractivity contribution in [2.24, 2.45) is 0 Å². The Labute approximate surface area is 311 Å². The molecular weight excluding hydrogens is 737 g/mol. The van der Waals surface area contributed by atoms with Gasteiger partial charge in [0.15, 0.2) is 18.4 Å². The molecule has 1 saturated heterocycles. The number of phenols is 2. The Morgan fingerprint density at radius 2 is 1.71 bits per heavy atom. The highest BCUT2D eigenvalue weighted by atomic mass is 19.4. The molecule has 295 valence electrons. The summed E-state index contributed by atoms with van der Waals surface area (Å²) in [4.78, 5) is 65.5. The molecule has 1 amide bonds. The van der Waals surface area contributed by atoms with E-state index in [1.807, 2.05) is 0 Å². The number of carbonyl (C=O) groups is 5. The largest absolute Gasteiger partial charge is 0.507 e. The number of carbonyl (C=O) groups excluding carboxylic acids is 5. The maximum absolute atomic E-state index is 13.9. The smallest absolute Gasteiger partial charge is 0.471 e. The monoisotopic (exact) mass is 775 g/mol. The van der Waals surface area contributed by atoms with Crippen molar-refractivity contribution < 1.29 is 76.6 Å². The van der Waals surface area contributed by atoms with Gasteiger partial charge in [-0.15, -0.1) is 10.3 Å². The Balaban J connectivity index is 1.37. The van der Waals surface area contributed by atoms with E-state index >= 15 is 0 Å². The van der Waals surface area contributed by atoms with Gasteiger partial charge in [-0.05, 0) is 46.8 Å². The number of nitrogens with zero attached hydrogens (tertiary/aromatic N) is 1. The first kappa shape index (κ1) is 39.8. The number of fused-ring (bicyclic) bond motifs is 3. The van der Waals surface area contributed by atoms with Gasteiger partial charge in [-0.25, -0.2) is 4.79 Å². The lowest BCUT2D eigenvalue weighted by molar-refractivity contribution is -0.255. The predicted molar refractivity (Wildman–Crippen MR) is 178 cm³/mol. The number of aromatic hydroxyl groups is 2. The number of methoxy groups -OCH3 is 1. The number of hydrogen-bond acceptors (Lipinski definition) is 13. The zero-order valence-electron chi connectivity index (χ0n) is 30.4. The van der Waals surface area contributed by atoms with Crippen LogP contribution in [0.2, 0.25) is 0 Å². The average Bonchev–Trinajstić information content (AvgIpc) is 3.27. The van der Waals surface area contributed by atoms with E-state index in [0.29, 0.717) is 5.06 Å². The number of hydroxylamine groups is 2. The second-order valence-corrected chi connectivity index (χ2v) is 15.1. The lowest BCUT2D eigenvalue weighted by Gasteiger charge is -2.43. The van der Waals surface area contributed by atoms with Crippen molar-refractivity contribution in [3.8, 4) is 17.2 Å². The van der Waals surface area contributed by atoms with Crippen LogP contribution in [-0.4, -0.2) is 105 Å². The number of hydrogen-bond donors (Lipinski definition) is 4. The molecule has 18 heteroatoms. The number of phenolic OH excluding ortho intramolecular Hbond substituents is 2. The fourth-order valence-electron chi connectivity index (χ4n) is 7.95. The first-order valence-electron chi connectivity index (χ1n) is 17.1. The molecule has 2 aliphatic carbocycles. The third-order valence-electron chi connectivity index (χ3n) is 10.5. The van der Waals surface area contributed by atoms with Crippen LogP contribution in [0, 0.1) is 0 Å². The van der Waals surface area contributed by atoms with E-state index in [4.69, 9.17) is 18.9 Å². The SMILES string of the molecule is COc1cccc2c1C(=O)c1c(O)c3c(c(O)c1C2=O)C[C@@](O)(C=O)C[C@@H]3O[C@H]1C[C@@H](NC(=O)C(F)(F)F)[C@@H](OC(=O)C2=CC(C)(C)N([O])C2(C)C)[C@H](C)O1. The highest BCUT2D eigenvalue weighted by molar-refractivity contribution is 6.31. The van der Waals surface area contributed by atoms with Crippen LogP contribution in [-0.2, 0) is 40.2 Å². The first-order valence-corrected chi connectivity index (χ1v) is 17.1. The second kappa shape index (κ2) is 13.4. The van der Waals surface area contributed by atoms with E-state index in [0.717, 1.165) is 0 Å². The number of ether oxygens (including phenoxy) is 4. The van der Waals surface area contributed by atoms with Gasteiger partial charge in [0, 0.05) is 36.0 Å². The summed E-state index contributed by atoms with van der Waals surface area (Å²) in [5.41, 5.74) is -7.11. The van der Waals surface area contributed by atoms with Crippen molar-refractivity contribution in [1.82, 2.24) is 10.4 Å². The zero-order chi connectivity index (χ0) is 40.7. The molecular formula is C37H38F3N2O13. The molecule has 2 heterocycles. The summed E-state index contributed by atoms with van der Waals surface area (Å²) in [6, 6.07) is 2.52. The molecule has 4 aliphatic rings. The van der Waals surface area contributed by atoms with Gasteiger partial charge in [0.1, 0.15) is 29.0 Å². The number of esters is 1. The van der Waals surface area contributed by atoms with Crippen LogP contribution in [0.3, 0.4) is 0 Å². The van der Waals surface area contributed by atoms with Crippen molar-refractivity contribution in [2.45, 2.75) is 107 Å². The van der Waals surface area contributed by atoms with Crippen LogP contribution in [0.1, 0.15) is 96.5 Å². The van der Waals surface area contributed by atoms with Crippen molar-refractivity contribution in [1.29, 1.82) is 0 Å². The van der Waals surface area contributed by atoms with E-state index in [1.165, 1.54) is 52.2 Å². The third-order valence-corrected chi connectivity index (χ3v) is 10.5. The predicted octanol–water partition coefficient (Wildman–Crippen LogP) is 3.05. The van der Waals surface area contributed by atoms with Crippen LogP contribution < -0.4 is 10.1 Å². The summed E-state index contributed by atoms with van der Waals surface area (Å²) >= 11 is 0. The van der Waals surface area contributed by atoms with Gasteiger partial charge < -0.3 is 44.4 Å². The quantitative estimate of drug-likeness (QED) is 0.154. The third kappa shape index (κ3) is 6.54. The number of nitrogens with one attached hydrogen (secondary N) is 1. The number of amides is 1. The van der Waals surface area contributed by atoms with Crippen LogP contribution in [0.4, 0.5) is 13.2 Å². The summed E-state index contributed by atoms with van der Waals surface area (Å²) in [7, 11) is 1.26. The average molecular weight is 776 g/mol. The minimum absolute atomic E-state index is 0.00474. The highest BCUT2D eigenvalue weighted by Gasteiger charge is 2.53. The molecule has 2 aromatic carbocycles. The van der Waals surface area contributed by atoms with E-state index in [1.54, 1.807) is 19.2 Å². The Morgan fingerprint density at radius 1 is 1.05 bits per heavy atom. The summed E-state index contributed by atoms with van der Waals surface area (Å²) in [6.45, 7) is 7.33. The molecule has 2 aromatic rings. The molecule has 6 rings (SSSR count). The van der Waals surface area contributed by atoms with Crippen molar-refractivity contribution in [3.05, 3.63) is 63.2 Å². The lowest BCUT2D eigenvalue weighted by atomic mass is 9.73. The molecule has 4 N–H and O–H groups in total. The highest BCUT2D eigenvalue weighted by Crippen LogP contribution is 2.52. The topological polar surface area (TPSA) is 218 Å². The van der Waals surface area contributed by atoms with Gasteiger partial charge in [0.05, 0.1) is 58.7 Å². The Morgan fingerprint density at radius 3 is 2.29 bits per heavy atom. The Hall–Kier alpha value is -4.88. The lowest BCUT2D eigenvalue weighted by Crippen LogP contribution is -2.59. The summed E-state index contributed by atoms with van der Waals surface area (Å²) < 4.78 is 63.5. The Kier molecular flexibility index (Phi) is 9.70. The van der Waals surface area contributed by atoms with Crippen molar-refractivity contribution >= 4 is 29.7 Å². The van der Waals surface area contributed by atoms with E-state index < -0.39 is 119 Å². The minimum Gasteiger partial charge on any atom is -0.507 e. The molecule has 0 spiro atoms. The van der Waals surface area contributed by atoms with Crippen molar-refractivity contribution in [3.63, 3.8) is 0 Å². The van der Waals surface area contributed by atoms with E-state index in [2.05, 4.69) is 0 Å². The number of ketones is 2. The fourth-order valence-corrected chi connectivity index (χ4v) is 7.95. The molecule has 2 aliphatic heterocycles. The molecule has 0 bridgehead atoms. The van der Waals surface area contributed by atoms with Crippen LogP contribution in [0.25, 0.3) is 0 Å². The van der Waals surface area contributed by atoms with Gasteiger partial charge in [0.2, 0.25) is 5.78 Å². The number of aldehydes is 1. The van der Waals surface area contributed by atoms with E-state index in [9.17, 15) is 57.7 Å². The summed E-state index contributed by atoms with van der Waals surface area (Å²) in [5.74, 6) is -6.88. The van der Waals surface area contributed by atoms with Gasteiger partial charge >= 0.3 is 18.1 Å². The van der Waals surface area contributed by atoms with Crippen LogP contribution in [0.15, 0.2) is 29.8 Å². The maximum Gasteiger partial charge on any atom is 0.471 e. The molecule has 0 saturated carbocycles. The number of benzene rings is 2. The molecule has 55 heavy (non-hydrogen) atoms. The number of aliphatic hydroxyl groups is 1. The van der Waals surface area contributed by atoms with Gasteiger partial charge in [-0.2, -0.15) is 13.2 Å². The van der Waals surface area contributed by atoms with Gasteiger partial charge in [-0.1, -0.05) is 12.1 Å². The minimum atomic E-state index is -5.37. The molecule has 0 aromatic heterocycles.